The Kier molecular flexibility index (Phi) is 5.01. The highest BCUT2D eigenvalue weighted by atomic mass is 32.1. The molecule has 0 radical (unpaired) electrons. The van der Waals surface area contributed by atoms with Gasteiger partial charge in [0.05, 0.1) is 5.39 Å². The van der Waals surface area contributed by atoms with E-state index >= 15 is 0 Å². The van der Waals surface area contributed by atoms with Crippen molar-refractivity contribution in [2.24, 2.45) is 0 Å². The van der Waals surface area contributed by atoms with Crippen LogP contribution in [-0.4, -0.2) is 34.5 Å². The fourth-order valence-electron chi connectivity index (χ4n) is 3.21. The zero-order valence-corrected chi connectivity index (χ0v) is 15.2. The standard InChI is InChI=1S/C17H24N4O2S/c1-9-8-12(6-7-18-9)19-14(22)5-4-13-20-16(23)15-10(2)11(3)24-17(15)21-13/h9,12,18H,4-8H2,1-3H3,(H,19,22)(H,20,21,23). The van der Waals surface area contributed by atoms with E-state index in [1.165, 1.54) is 11.3 Å². The molecule has 2 aromatic rings. The van der Waals surface area contributed by atoms with Gasteiger partial charge in [0, 0.05) is 29.8 Å². The van der Waals surface area contributed by atoms with Crippen LogP contribution in [0.5, 0.6) is 0 Å². The predicted molar refractivity (Wildman–Crippen MR) is 96.7 cm³/mol. The number of fused-ring (bicyclic) bond motifs is 1. The highest BCUT2D eigenvalue weighted by molar-refractivity contribution is 7.18. The maximum Gasteiger partial charge on any atom is 0.259 e. The maximum absolute atomic E-state index is 12.2. The Labute approximate surface area is 145 Å². The number of aryl methyl sites for hydroxylation is 3. The highest BCUT2D eigenvalue weighted by Crippen LogP contribution is 2.25. The molecule has 3 rings (SSSR count). The molecule has 7 heteroatoms. The molecule has 2 aromatic heterocycles. The Balaban J connectivity index is 1.63. The van der Waals surface area contributed by atoms with Crippen LogP contribution in [0.4, 0.5) is 0 Å². The van der Waals surface area contributed by atoms with Gasteiger partial charge in [0.1, 0.15) is 10.7 Å². The summed E-state index contributed by atoms with van der Waals surface area (Å²) in [5.41, 5.74) is 0.887. The Morgan fingerprint density at radius 3 is 2.96 bits per heavy atom. The molecular formula is C17H24N4O2S. The fraction of sp³-hybridized carbons (Fsp3) is 0.588. The molecule has 0 aromatic carbocycles. The molecule has 0 spiro atoms. The van der Waals surface area contributed by atoms with Crippen LogP contribution < -0.4 is 16.2 Å². The van der Waals surface area contributed by atoms with Crippen LogP contribution in [0.15, 0.2) is 4.79 Å². The molecule has 0 bridgehead atoms. The summed E-state index contributed by atoms with van der Waals surface area (Å²) in [6, 6.07) is 0.681. The average Bonchev–Trinajstić information content (AvgIpc) is 2.80. The van der Waals surface area contributed by atoms with Gasteiger partial charge in [-0.25, -0.2) is 4.98 Å². The van der Waals surface area contributed by atoms with Crippen LogP contribution in [-0.2, 0) is 11.2 Å². The third kappa shape index (κ3) is 3.67. The number of nitrogens with one attached hydrogen (secondary N) is 3. The molecule has 1 fully saturated rings. The van der Waals surface area contributed by atoms with E-state index in [1.807, 2.05) is 13.8 Å². The Bertz CT molecular complexity index is 811. The highest BCUT2D eigenvalue weighted by Gasteiger charge is 2.20. The first kappa shape index (κ1) is 17.1. The summed E-state index contributed by atoms with van der Waals surface area (Å²) in [4.78, 5) is 33.6. The topological polar surface area (TPSA) is 86.9 Å². The Hall–Kier alpha value is -1.73. The van der Waals surface area contributed by atoms with Gasteiger partial charge >= 0.3 is 0 Å². The van der Waals surface area contributed by atoms with Gasteiger partial charge in [0.25, 0.3) is 5.56 Å². The number of hydrogen-bond acceptors (Lipinski definition) is 5. The van der Waals surface area contributed by atoms with Gasteiger partial charge in [0.2, 0.25) is 5.91 Å². The Morgan fingerprint density at radius 1 is 1.42 bits per heavy atom. The SMILES string of the molecule is Cc1sc2nc(CCC(=O)NC3CCNC(C)C3)[nH]c(=O)c2c1C. The molecule has 2 atom stereocenters. The molecule has 3 N–H and O–H groups in total. The minimum Gasteiger partial charge on any atom is -0.353 e. The lowest BCUT2D eigenvalue weighted by Crippen LogP contribution is -2.46. The predicted octanol–water partition coefficient (Wildman–Crippen LogP) is 1.79. The molecule has 1 amide bonds. The molecule has 0 saturated carbocycles. The van der Waals surface area contributed by atoms with Crippen LogP contribution in [0.3, 0.4) is 0 Å². The van der Waals surface area contributed by atoms with E-state index in [0.717, 1.165) is 34.7 Å². The van der Waals surface area contributed by atoms with Crippen LogP contribution in [0.25, 0.3) is 10.2 Å². The minimum atomic E-state index is -0.107. The zero-order chi connectivity index (χ0) is 17.3. The lowest BCUT2D eigenvalue weighted by Gasteiger charge is -2.28. The first-order valence-corrected chi connectivity index (χ1v) is 9.27. The molecule has 1 aliphatic rings. The Morgan fingerprint density at radius 2 is 2.21 bits per heavy atom. The molecule has 2 unspecified atom stereocenters. The lowest BCUT2D eigenvalue weighted by molar-refractivity contribution is -0.122. The first-order chi connectivity index (χ1) is 11.4. The number of nitrogens with zero attached hydrogens (tertiary/aromatic N) is 1. The minimum absolute atomic E-state index is 0.0235. The second-order valence-corrected chi connectivity index (χ2v) is 7.82. The smallest absolute Gasteiger partial charge is 0.259 e. The number of carbonyl (C=O) groups excluding carboxylic acids is 1. The molecule has 6 nitrogen and oxygen atoms in total. The number of aromatic amines is 1. The van der Waals surface area contributed by atoms with E-state index in [2.05, 4.69) is 27.5 Å². The van der Waals surface area contributed by atoms with Gasteiger partial charge in [-0.2, -0.15) is 0 Å². The second kappa shape index (κ2) is 7.03. The van der Waals surface area contributed by atoms with E-state index < -0.39 is 0 Å². The van der Waals surface area contributed by atoms with Crippen LogP contribution in [0, 0.1) is 13.8 Å². The summed E-state index contributed by atoms with van der Waals surface area (Å²) >= 11 is 1.53. The van der Waals surface area contributed by atoms with E-state index in [1.54, 1.807) is 0 Å². The van der Waals surface area contributed by atoms with Crippen LogP contribution >= 0.6 is 11.3 Å². The number of piperidine rings is 1. The monoisotopic (exact) mass is 348 g/mol. The van der Waals surface area contributed by atoms with Crippen molar-refractivity contribution in [2.75, 3.05) is 6.54 Å². The number of thiophene rings is 1. The molecular weight excluding hydrogens is 324 g/mol. The summed E-state index contributed by atoms with van der Waals surface area (Å²) in [5.74, 6) is 0.609. The third-order valence-electron chi connectivity index (χ3n) is 4.67. The van der Waals surface area contributed by atoms with Gasteiger partial charge in [-0.05, 0) is 45.7 Å². The molecule has 3 heterocycles. The number of H-pyrrole nitrogens is 1. The van der Waals surface area contributed by atoms with Crippen molar-refractivity contribution in [1.82, 2.24) is 20.6 Å². The van der Waals surface area contributed by atoms with Crippen molar-refractivity contribution in [1.29, 1.82) is 0 Å². The average molecular weight is 348 g/mol. The number of aromatic nitrogens is 2. The van der Waals surface area contributed by atoms with Gasteiger partial charge in [-0.3, -0.25) is 9.59 Å². The van der Waals surface area contributed by atoms with Crippen molar-refractivity contribution in [3.63, 3.8) is 0 Å². The molecule has 24 heavy (non-hydrogen) atoms. The van der Waals surface area contributed by atoms with Gasteiger partial charge in [0.15, 0.2) is 0 Å². The summed E-state index contributed by atoms with van der Waals surface area (Å²) in [6.45, 7) is 7.01. The molecule has 130 valence electrons. The first-order valence-electron chi connectivity index (χ1n) is 8.45. The van der Waals surface area contributed by atoms with E-state index in [4.69, 9.17) is 0 Å². The van der Waals surface area contributed by atoms with Gasteiger partial charge in [-0.1, -0.05) is 0 Å². The second-order valence-electron chi connectivity index (χ2n) is 6.62. The van der Waals surface area contributed by atoms with E-state index in [0.29, 0.717) is 30.1 Å². The number of amides is 1. The van der Waals surface area contributed by atoms with Crippen molar-refractivity contribution in [3.05, 3.63) is 26.6 Å². The quantitative estimate of drug-likeness (QED) is 0.786. The molecule has 1 aliphatic heterocycles. The summed E-state index contributed by atoms with van der Waals surface area (Å²) < 4.78 is 0. The number of carbonyl (C=O) groups is 1. The summed E-state index contributed by atoms with van der Waals surface area (Å²) in [6.07, 6.45) is 2.72. The largest absolute Gasteiger partial charge is 0.353 e. The summed E-state index contributed by atoms with van der Waals surface area (Å²) in [5, 5.41) is 7.14. The maximum atomic E-state index is 12.2. The van der Waals surface area contributed by atoms with Crippen LogP contribution in [0.2, 0.25) is 0 Å². The number of rotatable bonds is 4. The third-order valence-corrected chi connectivity index (χ3v) is 5.77. The van der Waals surface area contributed by atoms with Crippen molar-refractivity contribution >= 4 is 27.5 Å². The van der Waals surface area contributed by atoms with Gasteiger partial charge in [-0.15, -0.1) is 11.3 Å². The van der Waals surface area contributed by atoms with Crippen LogP contribution in [0.1, 0.15) is 42.5 Å². The lowest BCUT2D eigenvalue weighted by atomic mass is 10.0. The zero-order valence-electron chi connectivity index (χ0n) is 14.4. The van der Waals surface area contributed by atoms with Crippen molar-refractivity contribution < 1.29 is 4.79 Å². The molecule has 0 aliphatic carbocycles. The fourth-order valence-corrected chi connectivity index (χ4v) is 4.26. The number of hydrogen-bond donors (Lipinski definition) is 3. The summed E-state index contributed by atoms with van der Waals surface area (Å²) in [7, 11) is 0. The van der Waals surface area contributed by atoms with Crippen molar-refractivity contribution in [3.8, 4) is 0 Å². The van der Waals surface area contributed by atoms with E-state index in [9.17, 15) is 9.59 Å². The normalized spacial score (nSPS) is 21.1. The van der Waals surface area contributed by atoms with Gasteiger partial charge < -0.3 is 15.6 Å². The molecule has 1 saturated heterocycles. The van der Waals surface area contributed by atoms with Crippen molar-refractivity contribution in [2.45, 2.75) is 58.5 Å². The van der Waals surface area contributed by atoms with E-state index in [-0.39, 0.29) is 17.5 Å².